The molecule has 0 amide bonds. The number of aliphatic imine (C=N–C) groups is 1. The molecule has 1 aliphatic heterocycles. The van der Waals surface area contributed by atoms with E-state index in [0.29, 0.717) is 11.8 Å². The van der Waals surface area contributed by atoms with Crippen LogP contribution < -0.4 is 10.6 Å². The molecular formula is C20H38IN5S. The molecule has 5 nitrogen and oxygen atoms in total. The minimum absolute atomic E-state index is 0. The molecule has 0 bridgehead atoms. The summed E-state index contributed by atoms with van der Waals surface area (Å²) in [7, 11) is 1.86. The SMILES string of the molecule is CCN1CCN(CC(C)CNC(=NC)NCC(C)Cc2cccs2)CC1.I. The van der Waals surface area contributed by atoms with Crippen LogP contribution in [-0.4, -0.2) is 75.2 Å². The normalized spacial score (nSPS) is 18.6. The number of hydrogen-bond donors (Lipinski definition) is 2. The molecule has 7 heteroatoms. The minimum atomic E-state index is 0. The van der Waals surface area contributed by atoms with Gasteiger partial charge in [0.2, 0.25) is 0 Å². The molecule has 1 aromatic rings. The van der Waals surface area contributed by atoms with Crippen LogP contribution in [0.4, 0.5) is 0 Å². The van der Waals surface area contributed by atoms with Gasteiger partial charge in [-0.1, -0.05) is 26.8 Å². The second-order valence-corrected chi connectivity index (χ2v) is 8.59. The van der Waals surface area contributed by atoms with Gasteiger partial charge < -0.3 is 20.4 Å². The van der Waals surface area contributed by atoms with Crippen LogP contribution in [0.2, 0.25) is 0 Å². The van der Waals surface area contributed by atoms with E-state index < -0.39 is 0 Å². The Morgan fingerprint density at radius 3 is 2.30 bits per heavy atom. The van der Waals surface area contributed by atoms with E-state index in [1.165, 1.54) is 37.6 Å². The monoisotopic (exact) mass is 507 g/mol. The van der Waals surface area contributed by atoms with Crippen molar-refractivity contribution in [3.8, 4) is 0 Å². The van der Waals surface area contributed by atoms with E-state index in [2.05, 4.69) is 63.7 Å². The second kappa shape index (κ2) is 13.7. The highest BCUT2D eigenvalue weighted by Gasteiger charge is 2.17. The molecule has 1 aliphatic rings. The topological polar surface area (TPSA) is 42.9 Å². The zero-order valence-corrected chi connectivity index (χ0v) is 20.6. The van der Waals surface area contributed by atoms with E-state index in [1.807, 2.05) is 18.4 Å². The van der Waals surface area contributed by atoms with Crippen molar-refractivity contribution >= 4 is 41.3 Å². The molecule has 0 radical (unpaired) electrons. The maximum atomic E-state index is 4.37. The Bertz CT molecular complexity index is 514. The van der Waals surface area contributed by atoms with Crippen LogP contribution >= 0.6 is 35.3 Å². The van der Waals surface area contributed by atoms with Gasteiger partial charge in [0.05, 0.1) is 0 Å². The molecular weight excluding hydrogens is 469 g/mol. The first-order chi connectivity index (χ1) is 12.6. The zero-order valence-electron chi connectivity index (χ0n) is 17.4. The number of nitrogens with one attached hydrogen (secondary N) is 2. The van der Waals surface area contributed by atoms with Gasteiger partial charge in [-0.3, -0.25) is 4.99 Å². The number of thiophene rings is 1. The predicted molar refractivity (Wildman–Crippen MR) is 130 cm³/mol. The van der Waals surface area contributed by atoms with Crippen molar-refractivity contribution in [2.45, 2.75) is 27.2 Å². The maximum absolute atomic E-state index is 4.37. The highest BCUT2D eigenvalue weighted by Crippen LogP contribution is 2.13. The third kappa shape index (κ3) is 9.58. The summed E-state index contributed by atoms with van der Waals surface area (Å²) in [6.07, 6.45) is 1.13. The molecule has 2 unspecified atom stereocenters. The summed E-state index contributed by atoms with van der Waals surface area (Å²) in [4.78, 5) is 11.0. The third-order valence-electron chi connectivity index (χ3n) is 5.07. The van der Waals surface area contributed by atoms with Gasteiger partial charge in [-0.05, 0) is 36.2 Å². The Labute approximate surface area is 187 Å². The molecule has 156 valence electrons. The molecule has 2 atom stereocenters. The standard InChI is InChI=1S/C20H37N5S.HI/c1-5-24-8-10-25(11-9-24)16-18(3)15-23-20(21-4)22-14-17(2)13-19-7-6-12-26-19;/h6-7,12,17-18H,5,8-11,13-16H2,1-4H3,(H2,21,22,23);1H. The highest BCUT2D eigenvalue weighted by atomic mass is 127. The molecule has 0 aliphatic carbocycles. The van der Waals surface area contributed by atoms with Crippen molar-refractivity contribution in [3.05, 3.63) is 22.4 Å². The van der Waals surface area contributed by atoms with E-state index in [-0.39, 0.29) is 24.0 Å². The Balaban J connectivity index is 0.00000364. The quantitative estimate of drug-likeness (QED) is 0.307. The number of guanidine groups is 1. The zero-order chi connectivity index (χ0) is 18.8. The van der Waals surface area contributed by atoms with E-state index in [9.17, 15) is 0 Å². The first-order valence-corrected chi connectivity index (χ1v) is 10.9. The Morgan fingerprint density at radius 1 is 1.11 bits per heavy atom. The van der Waals surface area contributed by atoms with Crippen LogP contribution in [0.25, 0.3) is 0 Å². The number of hydrogen-bond acceptors (Lipinski definition) is 4. The molecule has 2 N–H and O–H groups in total. The number of rotatable bonds is 9. The van der Waals surface area contributed by atoms with Crippen molar-refractivity contribution in [2.24, 2.45) is 16.8 Å². The van der Waals surface area contributed by atoms with Crippen LogP contribution in [0.5, 0.6) is 0 Å². The smallest absolute Gasteiger partial charge is 0.190 e. The summed E-state index contributed by atoms with van der Waals surface area (Å²) >= 11 is 1.84. The summed E-state index contributed by atoms with van der Waals surface area (Å²) in [6, 6.07) is 4.35. The third-order valence-corrected chi connectivity index (χ3v) is 5.97. The van der Waals surface area contributed by atoms with Gasteiger partial charge in [0.15, 0.2) is 5.96 Å². The molecule has 0 aromatic carbocycles. The van der Waals surface area contributed by atoms with Crippen molar-refractivity contribution in [2.75, 3.05) is 59.4 Å². The first-order valence-electron chi connectivity index (χ1n) is 10.0. The van der Waals surface area contributed by atoms with E-state index in [0.717, 1.165) is 32.0 Å². The molecule has 1 fully saturated rings. The summed E-state index contributed by atoms with van der Waals surface area (Å²) < 4.78 is 0. The van der Waals surface area contributed by atoms with Crippen LogP contribution in [0.3, 0.4) is 0 Å². The lowest BCUT2D eigenvalue weighted by atomic mass is 10.1. The van der Waals surface area contributed by atoms with Crippen LogP contribution in [0, 0.1) is 11.8 Å². The molecule has 1 saturated heterocycles. The van der Waals surface area contributed by atoms with Gasteiger partial charge >= 0.3 is 0 Å². The van der Waals surface area contributed by atoms with Crippen molar-refractivity contribution < 1.29 is 0 Å². The van der Waals surface area contributed by atoms with Crippen LogP contribution in [0.1, 0.15) is 25.6 Å². The largest absolute Gasteiger partial charge is 0.356 e. The van der Waals surface area contributed by atoms with Crippen molar-refractivity contribution in [1.82, 2.24) is 20.4 Å². The molecule has 1 aromatic heterocycles. The summed E-state index contributed by atoms with van der Waals surface area (Å²) in [6.45, 7) is 15.9. The summed E-state index contributed by atoms with van der Waals surface area (Å²) in [5, 5.41) is 9.13. The lowest BCUT2D eigenvalue weighted by Crippen LogP contribution is -2.48. The number of piperazine rings is 1. The molecule has 0 saturated carbocycles. The van der Waals surface area contributed by atoms with Gasteiger partial charge in [0, 0.05) is 57.7 Å². The van der Waals surface area contributed by atoms with Gasteiger partial charge in [-0.2, -0.15) is 0 Å². The fourth-order valence-electron chi connectivity index (χ4n) is 3.40. The van der Waals surface area contributed by atoms with Crippen LogP contribution in [-0.2, 0) is 6.42 Å². The fraction of sp³-hybridized carbons (Fsp3) is 0.750. The van der Waals surface area contributed by atoms with Gasteiger partial charge in [-0.15, -0.1) is 35.3 Å². The lowest BCUT2D eigenvalue weighted by molar-refractivity contribution is 0.124. The second-order valence-electron chi connectivity index (χ2n) is 7.56. The summed E-state index contributed by atoms with van der Waals surface area (Å²) in [5.41, 5.74) is 0. The number of likely N-dealkylation sites (N-methyl/N-ethyl adjacent to an activating group) is 1. The Hall–Kier alpha value is -0.380. The van der Waals surface area contributed by atoms with Gasteiger partial charge in [0.1, 0.15) is 0 Å². The predicted octanol–water partition coefficient (Wildman–Crippen LogP) is 2.98. The van der Waals surface area contributed by atoms with Crippen molar-refractivity contribution in [1.29, 1.82) is 0 Å². The molecule has 27 heavy (non-hydrogen) atoms. The van der Waals surface area contributed by atoms with Gasteiger partial charge in [0.25, 0.3) is 0 Å². The average Bonchev–Trinajstić information content (AvgIpc) is 3.15. The maximum Gasteiger partial charge on any atom is 0.190 e. The molecule has 0 spiro atoms. The number of nitrogens with zero attached hydrogens (tertiary/aromatic N) is 3. The lowest BCUT2D eigenvalue weighted by Gasteiger charge is -2.35. The average molecular weight is 508 g/mol. The summed E-state index contributed by atoms with van der Waals surface area (Å²) in [5.74, 6) is 2.13. The Kier molecular flexibility index (Phi) is 12.5. The minimum Gasteiger partial charge on any atom is -0.356 e. The highest BCUT2D eigenvalue weighted by molar-refractivity contribution is 14.0. The first kappa shape index (κ1) is 24.7. The van der Waals surface area contributed by atoms with Gasteiger partial charge in [-0.25, -0.2) is 0 Å². The molecule has 2 rings (SSSR count). The Morgan fingerprint density at radius 2 is 1.74 bits per heavy atom. The van der Waals surface area contributed by atoms with Crippen molar-refractivity contribution in [3.63, 3.8) is 0 Å². The van der Waals surface area contributed by atoms with Crippen LogP contribution in [0.15, 0.2) is 22.5 Å². The number of halogens is 1. The molecule has 2 heterocycles. The van der Waals surface area contributed by atoms with E-state index in [4.69, 9.17) is 0 Å². The van der Waals surface area contributed by atoms with E-state index >= 15 is 0 Å². The van der Waals surface area contributed by atoms with E-state index in [1.54, 1.807) is 0 Å². The fourth-order valence-corrected chi connectivity index (χ4v) is 4.27.